The van der Waals surface area contributed by atoms with E-state index in [0.717, 1.165) is 28.8 Å². The highest BCUT2D eigenvalue weighted by molar-refractivity contribution is 5.76. The Morgan fingerprint density at radius 1 is 1.10 bits per heavy atom. The molecule has 3 nitrogen and oxygen atoms in total. The number of aromatic hydroxyl groups is 1. The van der Waals surface area contributed by atoms with E-state index >= 15 is 0 Å². The molecule has 0 spiro atoms. The molecule has 0 amide bonds. The fourth-order valence-corrected chi connectivity index (χ4v) is 2.64. The van der Waals surface area contributed by atoms with E-state index < -0.39 is 0 Å². The van der Waals surface area contributed by atoms with Crippen LogP contribution in [0.4, 0.5) is 0 Å². The van der Waals surface area contributed by atoms with Crippen LogP contribution in [0.5, 0.6) is 5.75 Å². The van der Waals surface area contributed by atoms with Crippen LogP contribution < -0.4 is 0 Å². The lowest BCUT2D eigenvalue weighted by Gasteiger charge is -2.13. The van der Waals surface area contributed by atoms with Gasteiger partial charge in [-0.15, -0.1) is 0 Å². The third kappa shape index (κ3) is 2.27. The molecule has 20 heavy (non-hydrogen) atoms. The lowest BCUT2D eigenvalue weighted by Crippen LogP contribution is -2.06. The van der Waals surface area contributed by atoms with Crippen molar-refractivity contribution < 1.29 is 5.11 Å². The monoisotopic (exact) mass is 266 g/mol. The number of para-hydroxylation sites is 2. The van der Waals surface area contributed by atoms with E-state index in [-0.39, 0.29) is 0 Å². The minimum absolute atomic E-state index is 0.301. The normalized spacial score (nSPS) is 11.3. The number of hydrogen-bond donors (Lipinski definition) is 1. The first kappa shape index (κ1) is 12.7. The first-order valence-electron chi connectivity index (χ1n) is 6.89. The number of fused-ring (bicyclic) bond motifs is 1. The van der Waals surface area contributed by atoms with Gasteiger partial charge < -0.3 is 9.67 Å². The summed E-state index contributed by atoms with van der Waals surface area (Å²) in [6, 6.07) is 15.9. The Balaban J connectivity index is 2.09. The average molecular weight is 266 g/mol. The van der Waals surface area contributed by atoms with E-state index in [0.29, 0.717) is 11.8 Å². The zero-order valence-corrected chi connectivity index (χ0v) is 11.7. The van der Waals surface area contributed by atoms with Gasteiger partial charge in [0.1, 0.15) is 11.6 Å². The average Bonchev–Trinajstić information content (AvgIpc) is 2.76. The van der Waals surface area contributed by atoms with E-state index in [1.807, 2.05) is 30.3 Å². The molecular weight excluding hydrogens is 248 g/mol. The zero-order chi connectivity index (χ0) is 14.1. The fraction of sp³-hybridized carbons (Fsp3) is 0.235. The number of imidazole rings is 1. The SMILES string of the molecule is CC(C)n1c(Cc2cccc(O)c2)nc2ccccc21. The van der Waals surface area contributed by atoms with Crippen LogP contribution in [-0.4, -0.2) is 14.7 Å². The van der Waals surface area contributed by atoms with E-state index in [4.69, 9.17) is 4.98 Å². The number of nitrogens with zero attached hydrogens (tertiary/aromatic N) is 2. The molecule has 0 fully saturated rings. The molecule has 102 valence electrons. The highest BCUT2D eigenvalue weighted by Crippen LogP contribution is 2.23. The van der Waals surface area contributed by atoms with Crippen LogP contribution in [0.2, 0.25) is 0 Å². The standard InChI is InChI=1S/C17H18N2O/c1-12(2)19-16-9-4-3-8-15(16)18-17(19)11-13-6-5-7-14(20)10-13/h3-10,12,20H,11H2,1-2H3. The van der Waals surface area contributed by atoms with Crippen LogP contribution in [0.3, 0.4) is 0 Å². The number of aromatic nitrogens is 2. The quantitative estimate of drug-likeness (QED) is 0.780. The molecule has 3 aromatic rings. The molecular formula is C17H18N2O. The first-order valence-corrected chi connectivity index (χ1v) is 6.89. The van der Waals surface area contributed by atoms with Crippen LogP contribution in [0, 0.1) is 0 Å². The highest BCUT2D eigenvalue weighted by atomic mass is 16.3. The Morgan fingerprint density at radius 2 is 1.90 bits per heavy atom. The van der Waals surface area contributed by atoms with Gasteiger partial charge in [-0.1, -0.05) is 24.3 Å². The minimum atomic E-state index is 0.301. The molecule has 3 rings (SSSR count). The Labute approximate surface area is 118 Å². The highest BCUT2D eigenvalue weighted by Gasteiger charge is 2.13. The van der Waals surface area contributed by atoms with Gasteiger partial charge in [0, 0.05) is 12.5 Å². The molecule has 1 N–H and O–H groups in total. The summed E-state index contributed by atoms with van der Waals surface area (Å²) in [5.41, 5.74) is 3.26. The van der Waals surface area contributed by atoms with Crippen LogP contribution >= 0.6 is 0 Å². The van der Waals surface area contributed by atoms with Gasteiger partial charge in [-0.2, -0.15) is 0 Å². The van der Waals surface area contributed by atoms with Crippen molar-refractivity contribution in [3.05, 3.63) is 59.9 Å². The van der Waals surface area contributed by atoms with Gasteiger partial charge in [0.2, 0.25) is 0 Å². The number of phenols is 1. The van der Waals surface area contributed by atoms with Crippen molar-refractivity contribution in [2.45, 2.75) is 26.3 Å². The third-order valence-corrected chi connectivity index (χ3v) is 3.46. The maximum atomic E-state index is 9.58. The van der Waals surface area contributed by atoms with Gasteiger partial charge in [0.25, 0.3) is 0 Å². The summed E-state index contributed by atoms with van der Waals surface area (Å²) in [7, 11) is 0. The van der Waals surface area contributed by atoms with E-state index in [2.05, 4.69) is 24.5 Å². The molecule has 0 bridgehead atoms. The second-order valence-electron chi connectivity index (χ2n) is 5.33. The summed E-state index contributed by atoms with van der Waals surface area (Å²) in [5.74, 6) is 1.33. The summed E-state index contributed by atoms with van der Waals surface area (Å²) in [6.07, 6.45) is 0.723. The van der Waals surface area contributed by atoms with Crippen LogP contribution in [0.15, 0.2) is 48.5 Å². The van der Waals surface area contributed by atoms with E-state index in [1.54, 1.807) is 12.1 Å². The van der Waals surface area contributed by atoms with Crippen molar-refractivity contribution >= 4 is 11.0 Å². The van der Waals surface area contributed by atoms with Gasteiger partial charge in [-0.05, 0) is 43.7 Å². The van der Waals surface area contributed by atoms with Crippen molar-refractivity contribution in [1.29, 1.82) is 0 Å². The largest absolute Gasteiger partial charge is 0.508 e. The molecule has 0 aliphatic rings. The molecule has 0 atom stereocenters. The minimum Gasteiger partial charge on any atom is -0.508 e. The van der Waals surface area contributed by atoms with Crippen molar-refractivity contribution in [3.63, 3.8) is 0 Å². The van der Waals surface area contributed by atoms with E-state index in [9.17, 15) is 5.11 Å². The first-order chi connectivity index (χ1) is 9.65. The molecule has 0 aliphatic carbocycles. The lowest BCUT2D eigenvalue weighted by molar-refractivity contribution is 0.474. The number of phenolic OH excluding ortho intramolecular Hbond substituents is 1. The van der Waals surface area contributed by atoms with Crippen molar-refractivity contribution in [3.8, 4) is 5.75 Å². The van der Waals surface area contributed by atoms with Gasteiger partial charge in [-0.25, -0.2) is 4.98 Å². The molecule has 0 saturated heterocycles. The van der Waals surface area contributed by atoms with Crippen LogP contribution in [0.1, 0.15) is 31.3 Å². The molecule has 1 aromatic heterocycles. The summed E-state index contributed by atoms with van der Waals surface area (Å²) in [6.45, 7) is 4.33. The Morgan fingerprint density at radius 3 is 2.65 bits per heavy atom. The Bertz CT molecular complexity index is 744. The third-order valence-electron chi connectivity index (χ3n) is 3.46. The van der Waals surface area contributed by atoms with Crippen molar-refractivity contribution in [2.24, 2.45) is 0 Å². The van der Waals surface area contributed by atoms with Gasteiger partial charge in [0.15, 0.2) is 0 Å². The molecule has 0 aliphatic heterocycles. The number of benzene rings is 2. The van der Waals surface area contributed by atoms with E-state index in [1.165, 1.54) is 0 Å². The summed E-state index contributed by atoms with van der Waals surface area (Å²) >= 11 is 0. The van der Waals surface area contributed by atoms with Gasteiger partial charge in [0.05, 0.1) is 11.0 Å². The maximum absolute atomic E-state index is 9.58. The van der Waals surface area contributed by atoms with Crippen LogP contribution in [-0.2, 0) is 6.42 Å². The Kier molecular flexibility index (Phi) is 3.18. The zero-order valence-electron chi connectivity index (χ0n) is 11.7. The molecule has 3 heteroatoms. The molecule has 2 aromatic carbocycles. The summed E-state index contributed by atoms with van der Waals surface area (Å²) in [4.78, 5) is 4.74. The second kappa shape index (κ2) is 5.00. The Hall–Kier alpha value is -2.29. The lowest BCUT2D eigenvalue weighted by atomic mass is 10.1. The topological polar surface area (TPSA) is 38.0 Å². The summed E-state index contributed by atoms with van der Waals surface area (Å²) < 4.78 is 2.26. The predicted molar refractivity (Wildman–Crippen MR) is 81.0 cm³/mol. The maximum Gasteiger partial charge on any atom is 0.115 e. The van der Waals surface area contributed by atoms with Crippen LogP contribution in [0.25, 0.3) is 11.0 Å². The number of rotatable bonds is 3. The second-order valence-corrected chi connectivity index (χ2v) is 5.33. The number of hydrogen-bond acceptors (Lipinski definition) is 2. The van der Waals surface area contributed by atoms with Crippen molar-refractivity contribution in [2.75, 3.05) is 0 Å². The van der Waals surface area contributed by atoms with Crippen molar-refractivity contribution in [1.82, 2.24) is 9.55 Å². The molecule has 0 unspecified atom stereocenters. The molecule has 0 saturated carbocycles. The summed E-state index contributed by atoms with van der Waals surface area (Å²) in [5, 5.41) is 9.58. The molecule has 1 heterocycles. The smallest absolute Gasteiger partial charge is 0.115 e. The molecule has 0 radical (unpaired) electrons. The van der Waals surface area contributed by atoms with Gasteiger partial charge in [-0.3, -0.25) is 0 Å². The van der Waals surface area contributed by atoms with Gasteiger partial charge >= 0.3 is 0 Å². The predicted octanol–water partition coefficient (Wildman–Crippen LogP) is 3.91. The fourth-order valence-electron chi connectivity index (χ4n) is 2.64.